The summed E-state index contributed by atoms with van der Waals surface area (Å²) in [7, 11) is 0. The quantitative estimate of drug-likeness (QED) is 0.690. The lowest BCUT2D eigenvalue weighted by molar-refractivity contribution is 0.200. The number of aryl methyl sites for hydroxylation is 1. The van der Waals surface area contributed by atoms with Gasteiger partial charge in [-0.1, -0.05) is 6.07 Å². The van der Waals surface area contributed by atoms with Gasteiger partial charge in [0, 0.05) is 11.3 Å². The molecule has 0 saturated carbocycles. The van der Waals surface area contributed by atoms with E-state index in [1.807, 2.05) is 26.0 Å². The molecule has 0 aliphatic heterocycles. The third-order valence-electron chi connectivity index (χ3n) is 2.03. The van der Waals surface area contributed by atoms with Crippen LogP contribution in [0.15, 0.2) is 12.1 Å². The normalized spacial score (nSPS) is 10.1. The molecule has 0 aromatic heterocycles. The largest absolute Gasteiger partial charge is 0.491 e. The summed E-state index contributed by atoms with van der Waals surface area (Å²) in [6, 6.07) is 3.78. The van der Waals surface area contributed by atoms with Gasteiger partial charge in [-0.25, -0.2) is 0 Å². The minimum absolute atomic E-state index is 0.0211. The summed E-state index contributed by atoms with van der Waals surface area (Å²) in [6.45, 7) is 4.20. The Bertz CT molecular complexity index is 297. The second-order valence-electron chi connectivity index (χ2n) is 2.99. The van der Waals surface area contributed by atoms with Crippen molar-refractivity contribution < 1.29 is 9.84 Å². The molecule has 3 heteroatoms. The molecule has 0 fully saturated rings. The van der Waals surface area contributed by atoms with E-state index in [0.717, 1.165) is 22.6 Å². The average Bonchev–Trinajstić information content (AvgIpc) is 2.13. The highest BCUT2D eigenvalue weighted by Gasteiger charge is 2.04. The highest BCUT2D eigenvalue weighted by atomic mass is 16.5. The number of benzene rings is 1. The van der Waals surface area contributed by atoms with Crippen molar-refractivity contribution in [2.75, 3.05) is 18.9 Å². The molecule has 72 valence electrons. The summed E-state index contributed by atoms with van der Waals surface area (Å²) in [4.78, 5) is 0. The summed E-state index contributed by atoms with van der Waals surface area (Å²) < 4.78 is 5.29. The Kier molecular flexibility index (Phi) is 3.14. The molecular formula is C10H15NO2. The minimum atomic E-state index is 0.0211. The maximum atomic E-state index is 8.59. The summed E-state index contributed by atoms with van der Waals surface area (Å²) in [5, 5.41) is 8.59. The van der Waals surface area contributed by atoms with Crippen molar-refractivity contribution in [3.8, 4) is 5.75 Å². The van der Waals surface area contributed by atoms with E-state index in [1.165, 1.54) is 0 Å². The summed E-state index contributed by atoms with van der Waals surface area (Å²) in [5.41, 5.74) is 8.56. The summed E-state index contributed by atoms with van der Waals surface area (Å²) in [6.07, 6.45) is 0. The second kappa shape index (κ2) is 4.14. The van der Waals surface area contributed by atoms with E-state index in [0.29, 0.717) is 6.61 Å². The minimum Gasteiger partial charge on any atom is -0.491 e. The van der Waals surface area contributed by atoms with Crippen LogP contribution in [0.1, 0.15) is 11.1 Å². The van der Waals surface area contributed by atoms with Gasteiger partial charge in [-0.05, 0) is 25.5 Å². The Hall–Kier alpha value is -1.22. The Morgan fingerprint density at radius 3 is 2.69 bits per heavy atom. The number of ether oxygens (including phenoxy) is 1. The monoisotopic (exact) mass is 181 g/mol. The fraction of sp³-hybridized carbons (Fsp3) is 0.400. The number of aliphatic hydroxyl groups is 1. The molecule has 0 spiro atoms. The Morgan fingerprint density at radius 2 is 2.08 bits per heavy atom. The van der Waals surface area contributed by atoms with Crippen molar-refractivity contribution in [3.63, 3.8) is 0 Å². The van der Waals surface area contributed by atoms with Gasteiger partial charge >= 0.3 is 0 Å². The lowest BCUT2D eigenvalue weighted by Crippen LogP contribution is -2.04. The maximum absolute atomic E-state index is 8.59. The molecule has 0 atom stereocenters. The van der Waals surface area contributed by atoms with E-state index in [-0.39, 0.29) is 6.61 Å². The van der Waals surface area contributed by atoms with Crippen LogP contribution in [0.3, 0.4) is 0 Å². The highest BCUT2D eigenvalue weighted by Crippen LogP contribution is 2.26. The van der Waals surface area contributed by atoms with Gasteiger partial charge in [0.15, 0.2) is 0 Å². The van der Waals surface area contributed by atoms with Crippen molar-refractivity contribution >= 4 is 5.69 Å². The van der Waals surface area contributed by atoms with Gasteiger partial charge in [-0.3, -0.25) is 0 Å². The zero-order chi connectivity index (χ0) is 9.84. The van der Waals surface area contributed by atoms with Crippen LogP contribution < -0.4 is 10.5 Å². The molecule has 0 heterocycles. The Labute approximate surface area is 78.1 Å². The smallest absolute Gasteiger partial charge is 0.124 e. The van der Waals surface area contributed by atoms with Crippen LogP contribution in [-0.4, -0.2) is 18.3 Å². The fourth-order valence-electron chi connectivity index (χ4n) is 1.16. The SMILES string of the molecule is Cc1ccc(OCCO)c(C)c1N. The number of nitrogens with two attached hydrogens (primary N) is 1. The molecule has 0 bridgehead atoms. The molecule has 13 heavy (non-hydrogen) atoms. The van der Waals surface area contributed by atoms with Crippen LogP contribution in [0.4, 0.5) is 5.69 Å². The van der Waals surface area contributed by atoms with Crippen molar-refractivity contribution in [2.24, 2.45) is 0 Å². The van der Waals surface area contributed by atoms with E-state index >= 15 is 0 Å². The van der Waals surface area contributed by atoms with E-state index in [2.05, 4.69) is 0 Å². The predicted molar refractivity (Wildman–Crippen MR) is 52.9 cm³/mol. The molecule has 0 radical (unpaired) electrons. The molecule has 0 aliphatic rings. The van der Waals surface area contributed by atoms with Crippen molar-refractivity contribution in [1.82, 2.24) is 0 Å². The number of rotatable bonds is 3. The molecule has 0 unspecified atom stereocenters. The van der Waals surface area contributed by atoms with Crippen LogP contribution in [0.5, 0.6) is 5.75 Å². The molecule has 1 aromatic rings. The molecule has 3 nitrogen and oxygen atoms in total. The van der Waals surface area contributed by atoms with Crippen molar-refractivity contribution in [1.29, 1.82) is 0 Å². The molecule has 0 aliphatic carbocycles. The van der Waals surface area contributed by atoms with E-state index in [9.17, 15) is 0 Å². The number of nitrogen functional groups attached to an aromatic ring is 1. The van der Waals surface area contributed by atoms with Gasteiger partial charge < -0.3 is 15.6 Å². The van der Waals surface area contributed by atoms with E-state index in [4.69, 9.17) is 15.6 Å². The standard InChI is InChI=1S/C10H15NO2/c1-7-3-4-9(13-6-5-12)8(2)10(7)11/h3-4,12H,5-6,11H2,1-2H3. The first-order valence-corrected chi connectivity index (χ1v) is 4.26. The third-order valence-corrected chi connectivity index (χ3v) is 2.03. The van der Waals surface area contributed by atoms with Gasteiger partial charge in [0.25, 0.3) is 0 Å². The van der Waals surface area contributed by atoms with Gasteiger partial charge in [0.2, 0.25) is 0 Å². The number of hydrogen-bond donors (Lipinski definition) is 2. The molecule has 0 saturated heterocycles. The molecule has 1 rings (SSSR count). The number of aliphatic hydroxyl groups excluding tert-OH is 1. The first kappa shape index (κ1) is 9.86. The van der Waals surface area contributed by atoms with Crippen molar-refractivity contribution in [3.05, 3.63) is 23.3 Å². The van der Waals surface area contributed by atoms with E-state index in [1.54, 1.807) is 0 Å². The first-order valence-electron chi connectivity index (χ1n) is 4.26. The number of anilines is 1. The molecule has 0 amide bonds. The lowest BCUT2D eigenvalue weighted by Gasteiger charge is -2.11. The van der Waals surface area contributed by atoms with Crippen LogP contribution in [-0.2, 0) is 0 Å². The highest BCUT2D eigenvalue weighted by molar-refractivity contribution is 5.58. The van der Waals surface area contributed by atoms with E-state index < -0.39 is 0 Å². The number of hydrogen-bond acceptors (Lipinski definition) is 3. The maximum Gasteiger partial charge on any atom is 0.124 e. The van der Waals surface area contributed by atoms with Crippen LogP contribution in [0, 0.1) is 13.8 Å². The average molecular weight is 181 g/mol. The van der Waals surface area contributed by atoms with Crippen molar-refractivity contribution in [2.45, 2.75) is 13.8 Å². The molecule has 3 N–H and O–H groups in total. The topological polar surface area (TPSA) is 55.5 Å². The Balaban J connectivity index is 2.90. The van der Waals surface area contributed by atoms with Gasteiger partial charge in [-0.15, -0.1) is 0 Å². The van der Waals surface area contributed by atoms with Gasteiger partial charge in [0.05, 0.1) is 6.61 Å². The lowest BCUT2D eigenvalue weighted by atomic mass is 10.1. The van der Waals surface area contributed by atoms with Crippen LogP contribution >= 0.6 is 0 Å². The first-order chi connectivity index (χ1) is 6.16. The second-order valence-corrected chi connectivity index (χ2v) is 2.99. The van der Waals surface area contributed by atoms with Crippen LogP contribution in [0.25, 0.3) is 0 Å². The predicted octanol–water partition coefficient (Wildman–Crippen LogP) is 1.26. The Morgan fingerprint density at radius 1 is 1.38 bits per heavy atom. The fourth-order valence-corrected chi connectivity index (χ4v) is 1.16. The molecular weight excluding hydrogens is 166 g/mol. The van der Waals surface area contributed by atoms with Gasteiger partial charge in [-0.2, -0.15) is 0 Å². The summed E-state index contributed by atoms with van der Waals surface area (Å²) in [5.74, 6) is 0.747. The molecule has 1 aromatic carbocycles. The summed E-state index contributed by atoms with van der Waals surface area (Å²) >= 11 is 0. The third kappa shape index (κ3) is 2.12. The zero-order valence-electron chi connectivity index (χ0n) is 8.00. The zero-order valence-corrected chi connectivity index (χ0v) is 8.00. The van der Waals surface area contributed by atoms with Gasteiger partial charge in [0.1, 0.15) is 12.4 Å². The van der Waals surface area contributed by atoms with Crippen LogP contribution in [0.2, 0.25) is 0 Å².